The summed E-state index contributed by atoms with van der Waals surface area (Å²) in [5.41, 5.74) is 5.65. The fourth-order valence-electron chi connectivity index (χ4n) is 1.48. The SMILES string of the molecule is CCCC(N)CNC(=O)c1cc(F)ccc1O. The van der Waals surface area contributed by atoms with Crippen LogP contribution in [0.25, 0.3) is 0 Å². The maximum atomic E-state index is 12.9. The number of rotatable bonds is 5. The zero-order valence-electron chi connectivity index (χ0n) is 9.74. The first-order valence-corrected chi connectivity index (χ1v) is 5.57. The van der Waals surface area contributed by atoms with E-state index in [2.05, 4.69) is 5.32 Å². The monoisotopic (exact) mass is 240 g/mol. The second-order valence-electron chi connectivity index (χ2n) is 3.92. The summed E-state index contributed by atoms with van der Waals surface area (Å²) in [5, 5.41) is 12.0. The summed E-state index contributed by atoms with van der Waals surface area (Å²) in [5.74, 6) is -1.33. The molecule has 0 aliphatic carbocycles. The number of aromatic hydroxyl groups is 1. The fourth-order valence-corrected chi connectivity index (χ4v) is 1.48. The van der Waals surface area contributed by atoms with Gasteiger partial charge in [0.2, 0.25) is 0 Å². The molecule has 0 bridgehead atoms. The molecule has 17 heavy (non-hydrogen) atoms. The van der Waals surface area contributed by atoms with Gasteiger partial charge in [-0.15, -0.1) is 0 Å². The molecule has 0 radical (unpaired) electrons. The largest absolute Gasteiger partial charge is 0.507 e. The zero-order chi connectivity index (χ0) is 12.8. The van der Waals surface area contributed by atoms with E-state index in [4.69, 9.17) is 5.73 Å². The van der Waals surface area contributed by atoms with Crippen LogP contribution in [0.3, 0.4) is 0 Å². The lowest BCUT2D eigenvalue weighted by Gasteiger charge is -2.12. The van der Waals surface area contributed by atoms with E-state index in [1.165, 1.54) is 0 Å². The smallest absolute Gasteiger partial charge is 0.255 e. The van der Waals surface area contributed by atoms with E-state index in [1.807, 2.05) is 6.92 Å². The van der Waals surface area contributed by atoms with Crippen LogP contribution in [0.4, 0.5) is 4.39 Å². The lowest BCUT2D eigenvalue weighted by Crippen LogP contribution is -2.37. The first kappa shape index (κ1) is 13.4. The van der Waals surface area contributed by atoms with E-state index < -0.39 is 11.7 Å². The van der Waals surface area contributed by atoms with E-state index in [-0.39, 0.29) is 17.4 Å². The number of phenols is 1. The van der Waals surface area contributed by atoms with Crippen molar-refractivity contribution in [2.45, 2.75) is 25.8 Å². The summed E-state index contributed by atoms with van der Waals surface area (Å²) >= 11 is 0. The third-order valence-corrected chi connectivity index (χ3v) is 2.39. The predicted molar refractivity (Wildman–Crippen MR) is 63.3 cm³/mol. The highest BCUT2D eigenvalue weighted by Gasteiger charge is 2.12. The third kappa shape index (κ3) is 4.03. The molecule has 0 aliphatic rings. The van der Waals surface area contributed by atoms with Crippen LogP contribution in [0.15, 0.2) is 18.2 Å². The summed E-state index contributed by atoms with van der Waals surface area (Å²) in [6.45, 7) is 2.31. The summed E-state index contributed by atoms with van der Waals surface area (Å²) in [7, 11) is 0. The highest BCUT2D eigenvalue weighted by atomic mass is 19.1. The molecule has 0 saturated carbocycles. The van der Waals surface area contributed by atoms with Crippen molar-refractivity contribution in [3.05, 3.63) is 29.6 Å². The first-order chi connectivity index (χ1) is 8.04. The van der Waals surface area contributed by atoms with Gasteiger partial charge in [0, 0.05) is 12.6 Å². The minimum absolute atomic E-state index is 0.0753. The van der Waals surface area contributed by atoms with Gasteiger partial charge in [-0.05, 0) is 24.6 Å². The van der Waals surface area contributed by atoms with E-state index in [1.54, 1.807) is 0 Å². The molecule has 1 atom stereocenters. The van der Waals surface area contributed by atoms with Crippen LogP contribution < -0.4 is 11.1 Å². The van der Waals surface area contributed by atoms with Gasteiger partial charge in [-0.2, -0.15) is 0 Å². The van der Waals surface area contributed by atoms with Gasteiger partial charge < -0.3 is 16.2 Å². The second kappa shape index (κ2) is 6.20. The van der Waals surface area contributed by atoms with Crippen molar-refractivity contribution < 1.29 is 14.3 Å². The number of carbonyl (C=O) groups is 1. The molecule has 94 valence electrons. The number of hydrogen-bond acceptors (Lipinski definition) is 3. The quantitative estimate of drug-likeness (QED) is 0.728. The highest BCUT2D eigenvalue weighted by Crippen LogP contribution is 2.17. The number of phenolic OH excluding ortho intramolecular Hbond substituents is 1. The number of carbonyl (C=O) groups excluding carboxylic acids is 1. The topological polar surface area (TPSA) is 75.3 Å². The number of nitrogens with two attached hydrogens (primary N) is 1. The minimum atomic E-state index is -0.564. The number of hydrogen-bond donors (Lipinski definition) is 3. The van der Waals surface area contributed by atoms with E-state index in [0.29, 0.717) is 6.54 Å². The molecule has 4 nitrogen and oxygen atoms in total. The van der Waals surface area contributed by atoms with Gasteiger partial charge in [0.15, 0.2) is 0 Å². The summed E-state index contributed by atoms with van der Waals surface area (Å²) < 4.78 is 12.9. The molecule has 1 aromatic rings. The van der Waals surface area contributed by atoms with Crippen LogP contribution in [0.5, 0.6) is 5.75 Å². The van der Waals surface area contributed by atoms with Gasteiger partial charge in [0.1, 0.15) is 11.6 Å². The van der Waals surface area contributed by atoms with Crippen LogP contribution >= 0.6 is 0 Å². The molecule has 0 fully saturated rings. The van der Waals surface area contributed by atoms with Gasteiger partial charge in [-0.1, -0.05) is 13.3 Å². The molecule has 0 aromatic heterocycles. The van der Waals surface area contributed by atoms with Crippen LogP contribution in [0, 0.1) is 5.82 Å². The molecular formula is C12H17FN2O2. The Morgan fingerprint density at radius 2 is 2.29 bits per heavy atom. The summed E-state index contributed by atoms with van der Waals surface area (Å²) in [6.07, 6.45) is 1.73. The van der Waals surface area contributed by atoms with Crippen LogP contribution in [0.1, 0.15) is 30.1 Å². The number of amides is 1. The van der Waals surface area contributed by atoms with Crippen molar-refractivity contribution in [3.63, 3.8) is 0 Å². The van der Waals surface area contributed by atoms with E-state index in [9.17, 15) is 14.3 Å². The summed E-state index contributed by atoms with van der Waals surface area (Å²) in [4.78, 5) is 11.6. The zero-order valence-corrected chi connectivity index (χ0v) is 9.74. The van der Waals surface area contributed by atoms with Gasteiger partial charge >= 0.3 is 0 Å². The second-order valence-corrected chi connectivity index (χ2v) is 3.92. The molecular weight excluding hydrogens is 223 g/mol. The molecule has 5 heteroatoms. The van der Waals surface area contributed by atoms with Crippen molar-refractivity contribution >= 4 is 5.91 Å². The molecule has 1 aromatic carbocycles. The summed E-state index contributed by atoms with van der Waals surface area (Å²) in [6, 6.07) is 3.11. The van der Waals surface area contributed by atoms with Crippen molar-refractivity contribution in [2.75, 3.05) is 6.54 Å². The van der Waals surface area contributed by atoms with Crippen LogP contribution in [0.2, 0.25) is 0 Å². The van der Waals surface area contributed by atoms with Gasteiger partial charge in [0.05, 0.1) is 5.56 Å². The first-order valence-electron chi connectivity index (χ1n) is 5.57. The number of nitrogens with one attached hydrogen (secondary N) is 1. The van der Waals surface area contributed by atoms with Gasteiger partial charge in [-0.25, -0.2) is 4.39 Å². The average molecular weight is 240 g/mol. The molecule has 0 spiro atoms. The van der Waals surface area contributed by atoms with Crippen molar-refractivity contribution in [2.24, 2.45) is 5.73 Å². The molecule has 1 rings (SSSR count). The number of halogens is 1. The molecule has 1 amide bonds. The van der Waals surface area contributed by atoms with E-state index in [0.717, 1.165) is 31.0 Å². The predicted octanol–water partition coefficient (Wildman–Crippen LogP) is 1.39. The molecule has 0 saturated heterocycles. The molecule has 0 heterocycles. The van der Waals surface area contributed by atoms with Crippen LogP contribution in [-0.4, -0.2) is 23.6 Å². The van der Waals surface area contributed by atoms with Crippen molar-refractivity contribution in [3.8, 4) is 5.75 Å². The van der Waals surface area contributed by atoms with Gasteiger partial charge in [0.25, 0.3) is 5.91 Å². The Morgan fingerprint density at radius 3 is 2.94 bits per heavy atom. The Morgan fingerprint density at radius 1 is 1.59 bits per heavy atom. The third-order valence-electron chi connectivity index (χ3n) is 2.39. The van der Waals surface area contributed by atoms with Crippen LogP contribution in [-0.2, 0) is 0 Å². The van der Waals surface area contributed by atoms with Gasteiger partial charge in [-0.3, -0.25) is 4.79 Å². The maximum Gasteiger partial charge on any atom is 0.255 e. The number of benzene rings is 1. The Hall–Kier alpha value is -1.62. The normalized spacial score (nSPS) is 12.2. The molecule has 0 aliphatic heterocycles. The van der Waals surface area contributed by atoms with E-state index >= 15 is 0 Å². The molecule has 4 N–H and O–H groups in total. The average Bonchev–Trinajstić information content (AvgIpc) is 2.29. The minimum Gasteiger partial charge on any atom is -0.507 e. The highest BCUT2D eigenvalue weighted by molar-refractivity contribution is 5.96. The fraction of sp³-hybridized carbons (Fsp3) is 0.417. The van der Waals surface area contributed by atoms with Crippen molar-refractivity contribution in [1.29, 1.82) is 0 Å². The Kier molecular flexibility index (Phi) is 4.90. The maximum absolute atomic E-state index is 12.9. The standard InChI is InChI=1S/C12H17FN2O2/c1-2-3-9(14)7-15-12(17)10-6-8(13)4-5-11(10)16/h4-6,9,16H,2-3,7,14H2,1H3,(H,15,17). The Bertz CT molecular complexity index is 396. The lowest BCUT2D eigenvalue weighted by atomic mass is 10.1. The molecule has 1 unspecified atom stereocenters. The van der Waals surface area contributed by atoms with Crippen molar-refractivity contribution in [1.82, 2.24) is 5.32 Å². The Balaban J connectivity index is 2.61. The Labute approximate surface area is 99.6 Å². The lowest BCUT2D eigenvalue weighted by molar-refractivity contribution is 0.0947.